The molecule has 7 heteroatoms. The van der Waals surface area contributed by atoms with Gasteiger partial charge in [-0.25, -0.2) is 0 Å². The van der Waals surface area contributed by atoms with E-state index in [1.807, 2.05) is 31.4 Å². The molecule has 0 bridgehead atoms. The van der Waals surface area contributed by atoms with Crippen LogP contribution in [0.5, 0.6) is 0 Å². The number of rotatable bonds is 9. The summed E-state index contributed by atoms with van der Waals surface area (Å²) in [5, 5.41) is 10.9. The molecule has 2 amide bonds. The molecule has 1 aliphatic heterocycles. The molecule has 0 spiro atoms. The number of aliphatic hydroxyl groups excluding tert-OH is 1. The van der Waals surface area contributed by atoms with Crippen LogP contribution in [0.25, 0.3) is 5.57 Å². The van der Waals surface area contributed by atoms with Crippen LogP contribution in [0.15, 0.2) is 22.4 Å². The first-order valence-corrected chi connectivity index (χ1v) is 9.42. The molecular weight excluding hydrogens is 334 g/mol. The molecule has 0 atom stereocenters. The van der Waals surface area contributed by atoms with E-state index in [4.69, 9.17) is 9.84 Å². The van der Waals surface area contributed by atoms with Gasteiger partial charge in [-0.2, -0.15) is 0 Å². The SMILES string of the molecule is CC(C)OCCCN1C(=O)C(SCCO)=C(c2cccs2)C1=O. The molecule has 1 aliphatic rings. The van der Waals surface area contributed by atoms with Gasteiger partial charge in [0.25, 0.3) is 11.8 Å². The number of carbonyl (C=O) groups is 2. The lowest BCUT2D eigenvalue weighted by Crippen LogP contribution is -2.33. The predicted octanol–water partition coefficient (Wildman–Crippen LogP) is 2.37. The van der Waals surface area contributed by atoms with Crippen molar-refractivity contribution in [3.63, 3.8) is 0 Å². The van der Waals surface area contributed by atoms with Crippen molar-refractivity contribution in [1.29, 1.82) is 0 Å². The molecule has 0 saturated heterocycles. The Hall–Kier alpha value is -1.15. The summed E-state index contributed by atoms with van der Waals surface area (Å²) in [7, 11) is 0. The van der Waals surface area contributed by atoms with Gasteiger partial charge in [-0.05, 0) is 31.7 Å². The average molecular weight is 355 g/mol. The van der Waals surface area contributed by atoms with Gasteiger partial charge in [0, 0.05) is 23.8 Å². The number of hydrogen-bond acceptors (Lipinski definition) is 6. The van der Waals surface area contributed by atoms with Gasteiger partial charge >= 0.3 is 0 Å². The smallest absolute Gasteiger partial charge is 0.268 e. The Bertz CT molecular complexity index is 581. The van der Waals surface area contributed by atoms with Crippen molar-refractivity contribution in [2.45, 2.75) is 26.4 Å². The first-order valence-electron chi connectivity index (χ1n) is 7.55. The largest absolute Gasteiger partial charge is 0.396 e. The summed E-state index contributed by atoms with van der Waals surface area (Å²) >= 11 is 2.68. The van der Waals surface area contributed by atoms with E-state index in [9.17, 15) is 9.59 Å². The van der Waals surface area contributed by atoms with E-state index in [2.05, 4.69) is 0 Å². The summed E-state index contributed by atoms with van der Waals surface area (Å²) < 4.78 is 5.46. The molecule has 0 aliphatic carbocycles. The first kappa shape index (κ1) is 18.2. The van der Waals surface area contributed by atoms with Gasteiger partial charge < -0.3 is 9.84 Å². The van der Waals surface area contributed by atoms with Crippen molar-refractivity contribution >= 4 is 40.5 Å². The fourth-order valence-electron chi connectivity index (χ4n) is 2.22. The monoisotopic (exact) mass is 355 g/mol. The van der Waals surface area contributed by atoms with E-state index >= 15 is 0 Å². The van der Waals surface area contributed by atoms with Crippen LogP contribution < -0.4 is 0 Å². The summed E-state index contributed by atoms with van der Waals surface area (Å²) in [6.45, 7) is 4.73. The standard InChI is InChI=1S/C16H21NO4S2/c1-11(2)21-8-4-6-17-15(19)13(12-5-3-9-22-12)14(16(17)20)23-10-7-18/h3,5,9,11,18H,4,6-8,10H2,1-2H3. The topological polar surface area (TPSA) is 66.8 Å². The lowest BCUT2D eigenvalue weighted by atomic mass is 10.2. The zero-order chi connectivity index (χ0) is 16.8. The lowest BCUT2D eigenvalue weighted by Gasteiger charge is -2.15. The van der Waals surface area contributed by atoms with Crippen LogP contribution in [0.3, 0.4) is 0 Å². The second-order valence-electron chi connectivity index (χ2n) is 5.29. The number of amides is 2. The van der Waals surface area contributed by atoms with Crippen LogP contribution in [0, 0.1) is 0 Å². The fourth-order valence-corrected chi connectivity index (χ4v) is 3.92. The highest BCUT2D eigenvalue weighted by Crippen LogP contribution is 2.37. The first-order chi connectivity index (χ1) is 11.1. The highest BCUT2D eigenvalue weighted by Gasteiger charge is 2.39. The molecule has 5 nitrogen and oxygen atoms in total. The summed E-state index contributed by atoms with van der Waals surface area (Å²) in [6.07, 6.45) is 0.751. The highest BCUT2D eigenvalue weighted by molar-refractivity contribution is 8.04. The summed E-state index contributed by atoms with van der Waals surface area (Å²) in [6, 6.07) is 3.70. The van der Waals surface area contributed by atoms with E-state index < -0.39 is 0 Å². The number of imide groups is 1. The molecule has 0 aromatic carbocycles. The summed E-state index contributed by atoms with van der Waals surface area (Å²) in [4.78, 5) is 27.7. The third kappa shape index (κ3) is 4.44. The zero-order valence-corrected chi connectivity index (χ0v) is 14.9. The maximum atomic E-state index is 12.7. The molecule has 0 fully saturated rings. The minimum Gasteiger partial charge on any atom is -0.396 e. The molecule has 23 heavy (non-hydrogen) atoms. The lowest BCUT2D eigenvalue weighted by molar-refractivity contribution is -0.136. The Balaban J connectivity index is 2.11. The number of thiophene rings is 1. The van der Waals surface area contributed by atoms with Crippen molar-refractivity contribution in [3.8, 4) is 0 Å². The Morgan fingerprint density at radius 2 is 2.13 bits per heavy atom. The van der Waals surface area contributed by atoms with Gasteiger partial charge in [0.2, 0.25) is 0 Å². The van der Waals surface area contributed by atoms with E-state index in [0.717, 1.165) is 4.88 Å². The molecule has 126 valence electrons. The van der Waals surface area contributed by atoms with Gasteiger partial charge in [0.05, 0.1) is 23.2 Å². The third-order valence-corrected chi connectivity index (χ3v) is 5.15. The Labute approximate surface area is 144 Å². The molecule has 1 aromatic heterocycles. The number of carbonyl (C=O) groups excluding carboxylic acids is 2. The van der Waals surface area contributed by atoms with E-state index in [1.165, 1.54) is 28.0 Å². The van der Waals surface area contributed by atoms with Crippen molar-refractivity contribution in [2.24, 2.45) is 0 Å². The summed E-state index contributed by atoms with van der Waals surface area (Å²) in [5.41, 5.74) is 0.466. The van der Waals surface area contributed by atoms with Gasteiger partial charge in [-0.3, -0.25) is 14.5 Å². The maximum absolute atomic E-state index is 12.7. The third-order valence-electron chi connectivity index (χ3n) is 3.21. The van der Waals surface area contributed by atoms with Gasteiger partial charge in [0.1, 0.15) is 0 Å². The maximum Gasteiger partial charge on any atom is 0.268 e. The quantitative estimate of drug-likeness (QED) is 0.544. The van der Waals surface area contributed by atoms with Crippen molar-refractivity contribution < 1.29 is 19.4 Å². The van der Waals surface area contributed by atoms with Crippen LogP contribution in [0.2, 0.25) is 0 Å². The number of thioether (sulfide) groups is 1. The minimum atomic E-state index is -0.263. The average Bonchev–Trinajstić information content (AvgIpc) is 3.10. The number of aliphatic hydroxyl groups is 1. The molecule has 1 aromatic rings. The van der Waals surface area contributed by atoms with Crippen LogP contribution >= 0.6 is 23.1 Å². The second-order valence-corrected chi connectivity index (χ2v) is 7.34. The van der Waals surface area contributed by atoms with Gasteiger partial charge in [-0.15, -0.1) is 23.1 Å². The van der Waals surface area contributed by atoms with Crippen molar-refractivity contribution in [2.75, 3.05) is 25.5 Å². The van der Waals surface area contributed by atoms with Gasteiger partial charge in [-0.1, -0.05) is 6.07 Å². The fraction of sp³-hybridized carbons (Fsp3) is 0.500. The Morgan fingerprint density at radius 3 is 2.74 bits per heavy atom. The molecule has 0 radical (unpaired) electrons. The number of nitrogens with zero attached hydrogens (tertiary/aromatic N) is 1. The van der Waals surface area contributed by atoms with Crippen LogP contribution in [0.1, 0.15) is 25.1 Å². The summed E-state index contributed by atoms with van der Waals surface area (Å²) in [5.74, 6) is -0.114. The normalized spacial score (nSPS) is 15.4. The molecule has 1 N–H and O–H groups in total. The van der Waals surface area contributed by atoms with Gasteiger partial charge in [0.15, 0.2) is 0 Å². The number of ether oxygens (including phenoxy) is 1. The zero-order valence-electron chi connectivity index (χ0n) is 13.3. The molecule has 0 saturated carbocycles. The van der Waals surface area contributed by atoms with Crippen LogP contribution in [-0.4, -0.2) is 53.4 Å². The van der Waals surface area contributed by atoms with E-state index in [1.54, 1.807) is 0 Å². The molecular formula is C16H21NO4S2. The van der Waals surface area contributed by atoms with E-state index in [-0.39, 0.29) is 24.5 Å². The van der Waals surface area contributed by atoms with E-state index in [0.29, 0.717) is 35.8 Å². The minimum absolute atomic E-state index is 0.0322. The second kappa shape index (κ2) is 8.63. The van der Waals surface area contributed by atoms with Crippen LogP contribution in [-0.2, 0) is 14.3 Å². The molecule has 2 rings (SSSR count). The molecule has 0 unspecified atom stereocenters. The van der Waals surface area contributed by atoms with Crippen molar-refractivity contribution in [1.82, 2.24) is 4.90 Å². The predicted molar refractivity (Wildman–Crippen MR) is 93.2 cm³/mol. The van der Waals surface area contributed by atoms with Crippen molar-refractivity contribution in [3.05, 3.63) is 27.3 Å². The molecule has 2 heterocycles. The number of hydrogen-bond donors (Lipinski definition) is 1. The Morgan fingerprint density at radius 1 is 1.35 bits per heavy atom. The Kier molecular flexibility index (Phi) is 6.83. The highest BCUT2D eigenvalue weighted by atomic mass is 32.2. The van der Waals surface area contributed by atoms with Crippen LogP contribution in [0.4, 0.5) is 0 Å².